The monoisotopic (exact) mass is 338 g/mol. The van der Waals surface area contributed by atoms with Crippen LogP contribution in [0, 0.1) is 11.8 Å². The fourth-order valence-corrected chi connectivity index (χ4v) is 4.07. The van der Waals surface area contributed by atoms with Crippen LogP contribution in [0.5, 0.6) is 0 Å². The fourth-order valence-electron chi connectivity index (χ4n) is 4.07. The van der Waals surface area contributed by atoms with Crippen LogP contribution in [0.3, 0.4) is 0 Å². The number of hydrogen-bond donors (Lipinski definition) is 0. The van der Waals surface area contributed by atoms with Gasteiger partial charge in [-0.05, 0) is 43.7 Å². The molecule has 2 aliphatic rings. The number of rotatable bonds is 2. The highest BCUT2D eigenvalue weighted by Gasteiger charge is 2.30. The molecule has 2 saturated heterocycles. The second kappa shape index (κ2) is 6.98. The number of fused-ring (bicyclic) bond motifs is 1. The van der Waals surface area contributed by atoms with E-state index in [0.717, 1.165) is 74.5 Å². The summed E-state index contributed by atoms with van der Waals surface area (Å²) in [7, 11) is 0. The molecule has 2 fully saturated rings. The molecule has 5 nitrogen and oxygen atoms in total. The normalized spacial score (nSPS) is 20.2. The quantitative estimate of drug-likeness (QED) is 0.844. The molecule has 0 aliphatic carbocycles. The Balaban J connectivity index is 1.42. The van der Waals surface area contributed by atoms with Gasteiger partial charge in [0.1, 0.15) is 12.1 Å². The largest absolute Gasteiger partial charge is 0.356 e. The van der Waals surface area contributed by atoms with E-state index in [-0.39, 0.29) is 5.92 Å². The average molecular weight is 338 g/mol. The lowest BCUT2D eigenvalue weighted by atomic mass is 9.92. The SMILES string of the molecule is CC1CCN(C(=O)C2CCN(c3ncnc4ccccc34)CC2)CC1. The van der Waals surface area contributed by atoms with E-state index < -0.39 is 0 Å². The molecular weight excluding hydrogens is 312 g/mol. The maximum Gasteiger partial charge on any atom is 0.225 e. The Morgan fingerprint density at radius 2 is 1.72 bits per heavy atom. The Morgan fingerprint density at radius 1 is 1.00 bits per heavy atom. The van der Waals surface area contributed by atoms with Crippen LogP contribution in [0.2, 0.25) is 0 Å². The number of likely N-dealkylation sites (tertiary alicyclic amines) is 1. The van der Waals surface area contributed by atoms with Gasteiger partial charge in [0.05, 0.1) is 5.52 Å². The van der Waals surface area contributed by atoms with Crippen LogP contribution in [0.4, 0.5) is 5.82 Å². The smallest absolute Gasteiger partial charge is 0.225 e. The summed E-state index contributed by atoms with van der Waals surface area (Å²) in [5, 5.41) is 1.10. The van der Waals surface area contributed by atoms with Gasteiger partial charge in [0.2, 0.25) is 5.91 Å². The summed E-state index contributed by atoms with van der Waals surface area (Å²) in [5.41, 5.74) is 0.980. The molecule has 2 aliphatic heterocycles. The number of piperidine rings is 2. The minimum Gasteiger partial charge on any atom is -0.356 e. The first-order valence-electron chi connectivity index (χ1n) is 9.46. The van der Waals surface area contributed by atoms with Crippen LogP contribution in [0.25, 0.3) is 10.9 Å². The third-order valence-electron chi connectivity index (χ3n) is 5.76. The zero-order chi connectivity index (χ0) is 17.2. The third-order valence-corrected chi connectivity index (χ3v) is 5.76. The van der Waals surface area contributed by atoms with Crippen LogP contribution >= 0.6 is 0 Å². The first kappa shape index (κ1) is 16.3. The summed E-state index contributed by atoms with van der Waals surface area (Å²) in [5.74, 6) is 2.32. The zero-order valence-electron chi connectivity index (χ0n) is 14.9. The molecule has 1 aromatic heterocycles. The lowest BCUT2D eigenvalue weighted by Gasteiger charge is -2.37. The van der Waals surface area contributed by atoms with Gasteiger partial charge in [-0.2, -0.15) is 0 Å². The van der Waals surface area contributed by atoms with Crippen molar-refractivity contribution in [2.24, 2.45) is 11.8 Å². The molecular formula is C20H26N4O. The van der Waals surface area contributed by atoms with Crippen LogP contribution in [-0.2, 0) is 4.79 Å². The number of benzene rings is 1. The molecule has 132 valence electrons. The van der Waals surface area contributed by atoms with Gasteiger partial charge in [-0.1, -0.05) is 19.1 Å². The van der Waals surface area contributed by atoms with E-state index in [1.807, 2.05) is 18.2 Å². The van der Waals surface area contributed by atoms with Gasteiger partial charge in [-0.25, -0.2) is 9.97 Å². The first-order valence-corrected chi connectivity index (χ1v) is 9.46. The van der Waals surface area contributed by atoms with Crippen molar-refractivity contribution in [1.82, 2.24) is 14.9 Å². The van der Waals surface area contributed by atoms with Gasteiger partial charge in [0.15, 0.2) is 0 Å². The van der Waals surface area contributed by atoms with E-state index in [4.69, 9.17) is 0 Å². The Hall–Kier alpha value is -2.17. The fraction of sp³-hybridized carbons (Fsp3) is 0.550. The van der Waals surface area contributed by atoms with Crippen molar-refractivity contribution in [3.05, 3.63) is 30.6 Å². The Morgan fingerprint density at radius 3 is 2.48 bits per heavy atom. The minimum atomic E-state index is 0.178. The molecule has 0 unspecified atom stereocenters. The second-order valence-corrected chi connectivity index (χ2v) is 7.48. The van der Waals surface area contributed by atoms with E-state index in [0.29, 0.717) is 5.91 Å². The van der Waals surface area contributed by atoms with Gasteiger partial charge in [-0.3, -0.25) is 4.79 Å². The maximum atomic E-state index is 12.8. The number of carbonyl (C=O) groups excluding carboxylic acids is 1. The Bertz CT molecular complexity index is 741. The molecule has 4 rings (SSSR count). The van der Waals surface area contributed by atoms with Crippen molar-refractivity contribution in [3.63, 3.8) is 0 Å². The van der Waals surface area contributed by atoms with E-state index >= 15 is 0 Å². The molecule has 0 N–H and O–H groups in total. The summed E-state index contributed by atoms with van der Waals surface area (Å²) >= 11 is 0. The molecule has 0 bridgehead atoms. The minimum absolute atomic E-state index is 0.178. The molecule has 25 heavy (non-hydrogen) atoms. The molecule has 3 heterocycles. The molecule has 0 spiro atoms. The number of nitrogens with zero attached hydrogens (tertiary/aromatic N) is 4. The molecule has 0 atom stereocenters. The number of anilines is 1. The van der Waals surface area contributed by atoms with Crippen LogP contribution in [-0.4, -0.2) is 47.0 Å². The van der Waals surface area contributed by atoms with Crippen molar-refractivity contribution >= 4 is 22.6 Å². The number of hydrogen-bond acceptors (Lipinski definition) is 4. The number of amides is 1. The van der Waals surface area contributed by atoms with Crippen molar-refractivity contribution in [2.45, 2.75) is 32.6 Å². The average Bonchev–Trinajstić information content (AvgIpc) is 2.68. The first-order chi connectivity index (χ1) is 12.2. The summed E-state index contributed by atoms with van der Waals surface area (Å²) < 4.78 is 0. The lowest BCUT2D eigenvalue weighted by Crippen LogP contribution is -2.45. The topological polar surface area (TPSA) is 49.3 Å². The summed E-state index contributed by atoms with van der Waals surface area (Å²) in [6.45, 7) is 5.95. The van der Waals surface area contributed by atoms with E-state index in [2.05, 4.69) is 32.8 Å². The second-order valence-electron chi connectivity index (χ2n) is 7.48. The molecule has 5 heteroatoms. The summed E-state index contributed by atoms with van der Waals surface area (Å²) in [6.07, 6.45) is 5.78. The lowest BCUT2D eigenvalue weighted by molar-refractivity contribution is -0.137. The van der Waals surface area contributed by atoms with Gasteiger partial charge in [0.25, 0.3) is 0 Å². The molecule has 1 aromatic carbocycles. The molecule has 0 radical (unpaired) electrons. The third kappa shape index (κ3) is 3.32. The van der Waals surface area contributed by atoms with Crippen molar-refractivity contribution < 1.29 is 4.79 Å². The van der Waals surface area contributed by atoms with Crippen LogP contribution in [0.15, 0.2) is 30.6 Å². The Labute approximate surface area is 149 Å². The van der Waals surface area contributed by atoms with Crippen molar-refractivity contribution in [3.8, 4) is 0 Å². The van der Waals surface area contributed by atoms with Crippen LogP contribution in [0.1, 0.15) is 32.6 Å². The highest BCUT2D eigenvalue weighted by molar-refractivity contribution is 5.89. The molecule has 0 saturated carbocycles. The van der Waals surface area contributed by atoms with Crippen molar-refractivity contribution in [1.29, 1.82) is 0 Å². The van der Waals surface area contributed by atoms with Gasteiger partial charge >= 0.3 is 0 Å². The predicted octanol–water partition coefficient (Wildman–Crippen LogP) is 3.10. The van der Waals surface area contributed by atoms with Crippen LogP contribution < -0.4 is 4.90 Å². The van der Waals surface area contributed by atoms with E-state index in [1.54, 1.807) is 6.33 Å². The standard InChI is InChI=1S/C20H26N4O/c1-15-6-10-24(11-7-15)20(25)16-8-12-23(13-9-16)19-17-4-2-3-5-18(17)21-14-22-19/h2-5,14-16H,6-13H2,1H3. The van der Waals surface area contributed by atoms with Gasteiger partial charge < -0.3 is 9.80 Å². The molecule has 1 amide bonds. The summed E-state index contributed by atoms with van der Waals surface area (Å²) in [4.78, 5) is 26.1. The number of carbonyl (C=O) groups is 1. The predicted molar refractivity (Wildman–Crippen MR) is 99.5 cm³/mol. The highest BCUT2D eigenvalue weighted by Crippen LogP contribution is 2.29. The van der Waals surface area contributed by atoms with E-state index in [1.165, 1.54) is 0 Å². The van der Waals surface area contributed by atoms with Gasteiger partial charge in [-0.15, -0.1) is 0 Å². The number of para-hydroxylation sites is 1. The zero-order valence-corrected chi connectivity index (χ0v) is 14.9. The Kier molecular flexibility index (Phi) is 4.55. The van der Waals surface area contributed by atoms with E-state index in [9.17, 15) is 4.79 Å². The molecule has 2 aromatic rings. The maximum absolute atomic E-state index is 12.8. The van der Waals surface area contributed by atoms with Crippen molar-refractivity contribution in [2.75, 3.05) is 31.1 Å². The summed E-state index contributed by atoms with van der Waals surface area (Å²) in [6, 6.07) is 8.14. The van der Waals surface area contributed by atoms with Gasteiger partial charge in [0, 0.05) is 37.5 Å². The highest BCUT2D eigenvalue weighted by atomic mass is 16.2. The number of aromatic nitrogens is 2.